The Morgan fingerprint density at radius 3 is 2.21 bits per heavy atom. The fourth-order valence-corrected chi connectivity index (χ4v) is 5.29. The Kier molecular flexibility index (Phi) is 5.04. The molecule has 2 aromatic carbocycles. The monoisotopic (exact) mass is 391 g/mol. The van der Waals surface area contributed by atoms with Gasteiger partial charge >= 0.3 is 6.09 Å². The average molecular weight is 392 g/mol. The number of piperidine rings is 3. The number of ether oxygens (including phenoxy) is 1. The van der Waals surface area contributed by atoms with E-state index in [0.717, 1.165) is 23.6 Å². The molecule has 6 rings (SSSR count). The lowest BCUT2D eigenvalue weighted by Crippen LogP contribution is -2.59. The number of quaternary nitrogens is 1. The molecule has 3 saturated heterocycles. The van der Waals surface area contributed by atoms with Crippen molar-refractivity contribution in [2.45, 2.75) is 38.3 Å². The highest BCUT2D eigenvalue weighted by Gasteiger charge is 2.50. The minimum Gasteiger partial charge on any atom is -0.445 e. The van der Waals surface area contributed by atoms with E-state index < -0.39 is 0 Å². The molecule has 2 bridgehead atoms. The van der Waals surface area contributed by atoms with Gasteiger partial charge in [0.2, 0.25) is 0 Å². The summed E-state index contributed by atoms with van der Waals surface area (Å²) in [7, 11) is 0. The number of hydrogen-bond acceptors (Lipinski definition) is 2. The fourth-order valence-electron chi connectivity index (χ4n) is 5.29. The summed E-state index contributed by atoms with van der Waals surface area (Å²) < 4.78 is 7.26. The van der Waals surface area contributed by atoms with Crippen molar-refractivity contribution in [3.63, 3.8) is 0 Å². The average Bonchev–Trinajstić information content (AvgIpc) is 3.50. The Hall–Kier alpha value is -2.33. The zero-order valence-electron chi connectivity index (χ0n) is 17.1. The zero-order valence-corrected chi connectivity index (χ0v) is 17.1. The van der Waals surface area contributed by atoms with Crippen molar-refractivity contribution in [1.82, 2.24) is 0 Å². The number of hydrogen-bond donors (Lipinski definition) is 0. The first kappa shape index (κ1) is 18.7. The SMILES string of the molecule is O=C(O[C@@H]1CC1C[N+]12CCC(CC1)CC2)N(Cc1ccccc1)c1ccccc1. The summed E-state index contributed by atoms with van der Waals surface area (Å²) in [6.07, 6.45) is 5.10. The van der Waals surface area contributed by atoms with Gasteiger partial charge in [-0.2, -0.15) is 0 Å². The van der Waals surface area contributed by atoms with Crippen LogP contribution in [0, 0.1) is 11.8 Å². The number of carbonyl (C=O) groups excluding carboxylic acids is 1. The third kappa shape index (κ3) is 4.18. The maximum absolute atomic E-state index is 13.1. The second-order valence-corrected chi connectivity index (χ2v) is 9.25. The normalized spacial score (nSPS) is 30.0. The van der Waals surface area contributed by atoms with Crippen LogP contribution in [0.4, 0.5) is 10.5 Å². The van der Waals surface area contributed by atoms with E-state index in [4.69, 9.17) is 4.74 Å². The molecule has 0 radical (unpaired) electrons. The summed E-state index contributed by atoms with van der Waals surface area (Å²) in [4.78, 5) is 14.9. The topological polar surface area (TPSA) is 29.5 Å². The molecule has 29 heavy (non-hydrogen) atoms. The smallest absolute Gasteiger partial charge is 0.414 e. The van der Waals surface area contributed by atoms with E-state index in [2.05, 4.69) is 12.1 Å². The van der Waals surface area contributed by atoms with E-state index in [1.807, 2.05) is 48.5 Å². The molecule has 0 N–H and O–H groups in total. The van der Waals surface area contributed by atoms with E-state index in [1.165, 1.54) is 49.9 Å². The molecule has 4 fully saturated rings. The first-order valence-electron chi connectivity index (χ1n) is 11.1. The molecule has 3 heterocycles. The summed E-state index contributed by atoms with van der Waals surface area (Å²) in [5.41, 5.74) is 1.99. The predicted molar refractivity (Wildman–Crippen MR) is 115 cm³/mol. The molecule has 1 amide bonds. The number of carbonyl (C=O) groups is 1. The molecule has 2 atom stereocenters. The van der Waals surface area contributed by atoms with E-state index in [1.54, 1.807) is 4.90 Å². The Labute approximate surface area is 173 Å². The van der Waals surface area contributed by atoms with Crippen LogP contribution in [0.5, 0.6) is 0 Å². The summed E-state index contributed by atoms with van der Waals surface area (Å²) >= 11 is 0. The van der Waals surface area contributed by atoms with Crippen LogP contribution >= 0.6 is 0 Å². The van der Waals surface area contributed by atoms with Crippen LogP contribution in [0.3, 0.4) is 0 Å². The van der Waals surface area contributed by atoms with Gasteiger partial charge in [-0.15, -0.1) is 0 Å². The number of benzene rings is 2. The first-order chi connectivity index (χ1) is 14.2. The van der Waals surface area contributed by atoms with Crippen molar-refractivity contribution >= 4 is 11.8 Å². The van der Waals surface area contributed by atoms with Crippen LogP contribution in [0.25, 0.3) is 0 Å². The fraction of sp³-hybridized carbons (Fsp3) is 0.480. The molecule has 0 aromatic heterocycles. The predicted octanol–water partition coefficient (Wildman–Crippen LogP) is 4.85. The number of anilines is 1. The van der Waals surface area contributed by atoms with Gasteiger partial charge < -0.3 is 9.22 Å². The van der Waals surface area contributed by atoms with Crippen LogP contribution in [0.2, 0.25) is 0 Å². The van der Waals surface area contributed by atoms with Crippen molar-refractivity contribution in [2.24, 2.45) is 11.8 Å². The van der Waals surface area contributed by atoms with E-state index in [9.17, 15) is 4.79 Å². The molecular weight excluding hydrogens is 360 g/mol. The number of para-hydroxylation sites is 1. The molecular formula is C25H31N2O2+. The van der Waals surface area contributed by atoms with Gasteiger partial charge in [0.1, 0.15) is 6.10 Å². The van der Waals surface area contributed by atoms with Gasteiger partial charge in [0.05, 0.1) is 32.7 Å². The minimum absolute atomic E-state index is 0.0941. The van der Waals surface area contributed by atoms with Gasteiger partial charge in [-0.25, -0.2) is 4.79 Å². The number of fused-ring (bicyclic) bond motifs is 3. The second kappa shape index (κ2) is 7.83. The molecule has 1 saturated carbocycles. The quantitative estimate of drug-likeness (QED) is 0.659. The second-order valence-electron chi connectivity index (χ2n) is 9.25. The minimum atomic E-state index is -0.218. The van der Waals surface area contributed by atoms with Gasteiger partial charge in [-0.1, -0.05) is 48.5 Å². The van der Waals surface area contributed by atoms with Crippen molar-refractivity contribution in [3.8, 4) is 0 Å². The summed E-state index contributed by atoms with van der Waals surface area (Å²) in [6.45, 7) is 5.75. The lowest BCUT2D eigenvalue weighted by Gasteiger charge is -2.49. The lowest BCUT2D eigenvalue weighted by molar-refractivity contribution is -0.944. The van der Waals surface area contributed by atoms with Crippen molar-refractivity contribution in [3.05, 3.63) is 66.2 Å². The highest BCUT2D eigenvalue weighted by molar-refractivity contribution is 5.87. The van der Waals surface area contributed by atoms with Crippen LogP contribution < -0.4 is 4.90 Å². The summed E-state index contributed by atoms with van der Waals surface area (Å²) in [6, 6.07) is 20.0. The molecule has 1 unspecified atom stereocenters. The van der Waals surface area contributed by atoms with E-state index in [-0.39, 0.29) is 12.2 Å². The summed E-state index contributed by atoms with van der Waals surface area (Å²) in [5, 5.41) is 0. The molecule has 4 aliphatic rings. The summed E-state index contributed by atoms with van der Waals surface area (Å²) in [5.74, 6) is 1.53. The van der Waals surface area contributed by atoms with Gasteiger partial charge in [0.25, 0.3) is 0 Å². The maximum Gasteiger partial charge on any atom is 0.414 e. The number of nitrogens with zero attached hydrogens (tertiary/aromatic N) is 2. The molecule has 1 aliphatic carbocycles. The molecule has 152 valence electrons. The highest BCUT2D eigenvalue weighted by atomic mass is 16.6. The third-order valence-corrected chi connectivity index (χ3v) is 7.24. The van der Waals surface area contributed by atoms with Crippen LogP contribution in [-0.2, 0) is 11.3 Å². The zero-order chi connectivity index (χ0) is 19.7. The van der Waals surface area contributed by atoms with Crippen molar-refractivity contribution in [1.29, 1.82) is 0 Å². The first-order valence-corrected chi connectivity index (χ1v) is 11.1. The van der Waals surface area contributed by atoms with Crippen molar-refractivity contribution < 1.29 is 14.0 Å². The molecule has 2 aromatic rings. The Balaban J connectivity index is 1.23. The Morgan fingerprint density at radius 1 is 0.931 bits per heavy atom. The van der Waals surface area contributed by atoms with Crippen molar-refractivity contribution in [2.75, 3.05) is 31.1 Å². The Bertz CT molecular complexity index is 817. The van der Waals surface area contributed by atoms with Gasteiger partial charge in [0.15, 0.2) is 0 Å². The van der Waals surface area contributed by atoms with Gasteiger partial charge in [-0.3, -0.25) is 4.90 Å². The molecule has 0 spiro atoms. The van der Waals surface area contributed by atoms with Gasteiger partial charge in [-0.05, 0) is 49.3 Å². The van der Waals surface area contributed by atoms with E-state index in [0.29, 0.717) is 12.5 Å². The number of rotatable bonds is 6. The van der Waals surface area contributed by atoms with Crippen LogP contribution in [0.1, 0.15) is 31.2 Å². The highest BCUT2D eigenvalue weighted by Crippen LogP contribution is 2.41. The van der Waals surface area contributed by atoms with Gasteiger partial charge in [0, 0.05) is 11.6 Å². The third-order valence-electron chi connectivity index (χ3n) is 7.24. The molecule has 3 aliphatic heterocycles. The Morgan fingerprint density at radius 2 is 1.55 bits per heavy atom. The molecule has 4 nitrogen and oxygen atoms in total. The van der Waals surface area contributed by atoms with Crippen LogP contribution in [0.15, 0.2) is 60.7 Å². The maximum atomic E-state index is 13.1. The number of amides is 1. The van der Waals surface area contributed by atoms with Crippen LogP contribution in [-0.4, -0.2) is 42.9 Å². The molecule has 4 heteroatoms. The standard InChI is InChI=1S/C25H31N2O2/c28-25(26(23-9-5-2-6-10-23)18-21-7-3-1-4-8-21)29-24-17-22(24)19-27-14-11-20(12-15-27)13-16-27/h1-10,20,22,24H,11-19H2/q+1/t20?,22?,24-,27?/m1/s1. The lowest BCUT2D eigenvalue weighted by atomic mass is 9.85. The van der Waals surface area contributed by atoms with E-state index >= 15 is 0 Å². The largest absolute Gasteiger partial charge is 0.445 e.